The van der Waals surface area contributed by atoms with Crippen LogP contribution in [-0.2, 0) is 16.0 Å². The summed E-state index contributed by atoms with van der Waals surface area (Å²) in [5.41, 5.74) is 6.26. The summed E-state index contributed by atoms with van der Waals surface area (Å²) in [6.07, 6.45) is 9.40. The lowest BCUT2D eigenvalue weighted by Gasteiger charge is -2.28. The van der Waals surface area contributed by atoms with Crippen molar-refractivity contribution in [3.8, 4) is 11.1 Å². The summed E-state index contributed by atoms with van der Waals surface area (Å²) in [5.74, 6) is 1.28. The fraction of sp³-hybridized carbons (Fsp3) is 0.531. The highest BCUT2D eigenvalue weighted by Crippen LogP contribution is 2.32. The summed E-state index contributed by atoms with van der Waals surface area (Å²) in [5, 5.41) is 15.9. The van der Waals surface area contributed by atoms with E-state index in [1.165, 1.54) is 43.2 Å². The van der Waals surface area contributed by atoms with Crippen molar-refractivity contribution in [2.75, 3.05) is 25.1 Å². The third-order valence-corrected chi connectivity index (χ3v) is 8.39. The van der Waals surface area contributed by atoms with E-state index < -0.39 is 12.0 Å². The second-order valence-electron chi connectivity index (χ2n) is 10.3. The van der Waals surface area contributed by atoms with Crippen molar-refractivity contribution in [2.24, 2.45) is 0 Å². The first-order valence-corrected chi connectivity index (χ1v) is 15.3. The molecule has 38 heavy (non-hydrogen) atoms. The van der Waals surface area contributed by atoms with E-state index in [1.807, 2.05) is 24.9 Å². The largest absolute Gasteiger partial charge is 0.480 e. The molecular weight excluding hydrogens is 492 g/mol. The van der Waals surface area contributed by atoms with Gasteiger partial charge >= 0.3 is 5.97 Å². The molecular formula is C32H46N2O3S. The summed E-state index contributed by atoms with van der Waals surface area (Å²) >= 11 is 1.96. The number of ether oxygens (including phenoxy) is 1. The van der Waals surface area contributed by atoms with Gasteiger partial charge in [-0.05, 0) is 80.6 Å². The summed E-state index contributed by atoms with van der Waals surface area (Å²) in [6, 6.07) is 14.2. The predicted molar refractivity (Wildman–Crippen MR) is 162 cm³/mol. The molecule has 0 radical (unpaired) electrons. The number of nitrogens with one attached hydrogen (secondary N) is 2. The topological polar surface area (TPSA) is 70.6 Å². The number of carboxylic acids is 1. The Labute approximate surface area is 233 Å². The lowest BCUT2D eigenvalue weighted by Crippen LogP contribution is -2.37. The van der Waals surface area contributed by atoms with Gasteiger partial charge in [-0.25, -0.2) is 4.79 Å². The van der Waals surface area contributed by atoms with Gasteiger partial charge in [0.1, 0.15) is 6.04 Å². The molecule has 1 aliphatic carbocycles. The predicted octanol–water partition coefficient (Wildman–Crippen LogP) is 6.69. The lowest BCUT2D eigenvalue weighted by atomic mass is 9.91. The van der Waals surface area contributed by atoms with E-state index in [4.69, 9.17) is 4.74 Å². The van der Waals surface area contributed by atoms with E-state index in [0.29, 0.717) is 24.8 Å². The van der Waals surface area contributed by atoms with Gasteiger partial charge in [0.2, 0.25) is 0 Å². The molecule has 2 unspecified atom stereocenters. The Morgan fingerprint density at radius 2 is 1.89 bits per heavy atom. The van der Waals surface area contributed by atoms with Crippen LogP contribution in [0.3, 0.4) is 0 Å². The Kier molecular flexibility index (Phi) is 12.7. The van der Waals surface area contributed by atoms with Gasteiger partial charge in [0.25, 0.3) is 0 Å². The highest BCUT2D eigenvalue weighted by Gasteiger charge is 2.21. The van der Waals surface area contributed by atoms with Crippen LogP contribution < -0.4 is 10.6 Å². The first-order valence-electron chi connectivity index (χ1n) is 14.2. The Balaban J connectivity index is 1.82. The second-order valence-corrected chi connectivity index (χ2v) is 11.6. The Bertz CT molecular complexity index is 1040. The van der Waals surface area contributed by atoms with Crippen molar-refractivity contribution in [3.63, 3.8) is 0 Å². The molecule has 2 aromatic carbocycles. The number of rotatable bonds is 16. The lowest BCUT2D eigenvalue weighted by molar-refractivity contribution is -0.139. The van der Waals surface area contributed by atoms with Gasteiger partial charge in [-0.3, -0.25) is 0 Å². The zero-order valence-corrected chi connectivity index (χ0v) is 24.2. The number of thioether (sulfide) groups is 1. The fourth-order valence-corrected chi connectivity index (χ4v) is 5.93. The van der Waals surface area contributed by atoms with Crippen molar-refractivity contribution in [1.29, 1.82) is 0 Å². The molecule has 3 N–H and O–H groups in total. The molecule has 0 spiro atoms. The minimum Gasteiger partial charge on any atom is -0.480 e. The van der Waals surface area contributed by atoms with Crippen LogP contribution >= 0.6 is 11.8 Å². The smallest absolute Gasteiger partial charge is 0.326 e. The van der Waals surface area contributed by atoms with Crippen LogP contribution in [0.4, 0.5) is 0 Å². The number of aliphatic carboxylic acids is 1. The van der Waals surface area contributed by atoms with Crippen LogP contribution in [0.1, 0.15) is 68.6 Å². The number of carboxylic acid groups (broad SMARTS) is 1. The zero-order valence-electron chi connectivity index (χ0n) is 23.4. The molecule has 1 saturated carbocycles. The second kappa shape index (κ2) is 16.0. The molecule has 6 heteroatoms. The normalized spacial score (nSPS) is 15.7. The molecule has 0 bridgehead atoms. The fourth-order valence-electron chi connectivity index (χ4n) is 5.18. The molecule has 208 valence electrons. The Morgan fingerprint density at radius 1 is 1.13 bits per heavy atom. The molecule has 5 nitrogen and oxygen atoms in total. The van der Waals surface area contributed by atoms with Crippen LogP contribution in [-0.4, -0.2) is 54.4 Å². The van der Waals surface area contributed by atoms with E-state index in [9.17, 15) is 9.90 Å². The van der Waals surface area contributed by atoms with E-state index in [0.717, 1.165) is 41.0 Å². The van der Waals surface area contributed by atoms with Crippen LogP contribution in [0, 0.1) is 6.92 Å². The van der Waals surface area contributed by atoms with E-state index in [1.54, 1.807) is 0 Å². The molecule has 0 aromatic heterocycles. The number of hydrogen-bond acceptors (Lipinski definition) is 5. The number of hydrogen-bond donors (Lipinski definition) is 3. The number of benzene rings is 2. The Hall–Kier alpha value is -2.28. The molecule has 1 aliphatic rings. The molecule has 0 aliphatic heterocycles. The molecule has 0 saturated heterocycles. The van der Waals surface area contributed by atoms with Gasteiger partial charge in [0.15, 0.2) is 0 Å². The van der Waals surface area contributed by atoms with Crippen LogP contribution in [0.2, 0.25) is 0 Å². The maximum Gasteiger partial charge on any atom is 0.326 e. The minimum absolute atomic E-state index is 0.268. The van der Waals surface area contributed by atoms with Gasteiger partial charge in [-0.2, -0.15) is 11.8 Å². The quantitative estimate of drug-likeness (QED) is 0.221. The Morgan fingerprint density at radius 3 is 2.58 bits per heavy atom. The van der Waals surface area contributed by atoms with E-state index in [2.05, 4.69) is 67.5 Å². The van der Waals surface area contributed by atoms with Gasteiger partial charge in [-0.1, -0.05) is 75.2 Å². The van der Waals surface area contributed by atoms with E-state index in [-0.39, 0.29) is 6.10 Å². The molecule has 3 rings (SSSR count). The number of carbonyl (C=O) groups is 1. The summed E-state index contributed by atoms with van der Waals surface area (Å²) in [6.45, 7) is 9.20. The van der Waals surface area contributed by atoms with Gasteiger partial charge in [0, 0.05) is 17.0 Å². The van der Waals surface area contributed by atoms with Crippen LogP contribution in [0.5, 0.6) is 0 Å². The maximum atomic E-state index is 11.9. The molecule has 2 aromatic rings. The standard InChI is InChI=1S/C32H46N2O3S/c1-5-38-22-27(37-26-12-7-6-8-13-26)17-15-25-16-18-29(24(3)34-31(32(35)36)19-20-33-4)30(21-25)28-14-10-9-11-23(28)2/h9-11,14,16,18,21,26-27,31,33-34H,3,5-8,12-13,15,17,19-20,22H2,1-2,4H3,(H,35,36). The molecule has 0 amide bonds. The average Bonchev–Trinajstić information content (AvgIpc) is 2.93. The zero-order chi connectivity index (χ0) is 27.3. The van der Waals surface area contributed by atoms with Crippen molar-refractivity contribution in [1.82, 2.24) is 10.6 Å². The summed E-state index contributed by atoms with van der Waals surface area (Å²) in [4.78, 5) is 11.9. The monoisotopic (exact) mass is 538 g/mol. The first-order chi connectivity index (χ1) is 18.4. The summed E-state index contributed by atoms with van der Waals surface area (Å²) in [7, 11) is 1.83. The third kappa shape index (κ3) is 9.18. The van der Waals surface area contributed by atoms with Crippen molar-refractivity contribution in [2.45, 2.75) is 83.5 Å². The molecule has 0 heterocycles. The van der Waals surface area contributed by atoms with Crippen molar-refractivity contribution >= 4 is 23.4 Å². The highest BCUT2D eigenvalue weighted by molar-refractivity contribution is 7.99. The van der Waals surface area contributed by atoms with Crippen molar-refractivity contribution in [3.05, 3.63) is 65.7 Å². The first kappa shape index (κ1) is 30.3. The van der Waals surface area contributed by atoms with Gasteiger partial charge < -0.3 is 20.5 Å². The summed E-state index contributed by atoms with van der Waals surface area (Å²) < 4.78 is 6.60. The SMILES string of the molecule is C=C(NC(CCNC)C(=O)O)c1ccc(CCC(CSCC)OC2CCCCC2)cc1-c1ccccc1C. The van der Waals surface area contributed by atoms with E-state index >= 15 is 0 Å². The van der Waals surface area contributed by atoms with Crippen LogP contribution in [0.25, 0.3) is 16.8 Å². The highest BCUT2D eigenvalue weighted by atomic mass is 32.2. The van der Waals surface area contributed by atoms with Crippen LogP contribution in [0.15, 0.2) is 49.0 Å². The maximum absolute atomic E-state index is 11.9. The third-order valence-electron chi connectivity index (χ3n) is 7.37. The number of aryl methyl sites for hydroxylation is 2. The van der Waals surface area contributed by atoms with Gasteiger partial charge in [-0.15, -0.1) is 0 Å². The molecule has 1 fully saturated rings. The van der Waals surface area contributed by atoms with Gasteiger partial charge in [0.05, 0.1) is 12.2 Å². The average molecular weight is 539 g/mol. The molecule has 2 atom stereocenters. The minimum atomic E-state index is -0.871. The van der Waals surface area contributed by atoms with Crippen molar-refractivity contribution < 1.29 is 14.6 Å².